The second kappa shape index (κ2) is 14.8. The van der Waals surface area contributed by atoms with E-state index in [0.717, 1.165) is 16.0 Å². The third kappa shape index (κ3) is 8.55. The summed E-state index contributed by atoms with van der Waals surface area (Å²) in [7, 11) is 0. The maximum Gasteiger partial charge on any atom is 0.272 e. The molecule has 0 aliphatic carbocycles. The third-order valence-electron chi connectivity index (χ3n) is 6.76. The maximum atomic E-state index is 14.4. The molecule has 0 spiro atoms. The normalized spacial score (nSPS) is 11.7. The van der Waals surface area contributed by atoms with Gasteiger partial charge in [0.2, 0.25) is 5.91 Å². The molecule has 5 aromatic carbocycles. The summed E-state index contributed by atoms with van der Waals surface area (Å²) in [6.45, 7) is 1.99. The molecular formula is C37H30FN3O3S. The van der Waals surface area contributed by atoms with Crippen molar-refractivity contribution in [2.24, 2.45) is 0 Å². The summed E-state index contributed by atoms with van der Waals surface area (Å²) in [6.07, 6.45) is 1.30. The highest BCUT2D eigenvalue weighted by Crippen LogP contribution is 2.36. The van der Waals surface area contributed by atoms with Gasteiger partial charge in [0, 0.05) is 27.4 Å². The monoisotopic (exact) mass is 615 g/mol. The quantitative estimate of drug-likeness (QED) is 0.110. The Bertz CT molecular complexity index is 1810. The van der Waals surface area contributed by atoms with Crippen LogP contribution in [-0.4, -0.2) is 17.7 Å². The number of amides is 3. The molecule has 0 fully saturated rings. The van der Waals surface area contributed by atoms with E-state index in [9.17, 15) is 18.8 Å². The van der Waals surface area contributed by atoms with Crippen LogP contribution < -0.4 is 16.0 Å². The van der Waals surface area contributed by atoms with Gasteiger partial charge in [0.1, 0.15) is 16.8 Å². The molecule has 0 aliphatic heterocycles. The molecule has 0 heterocycles. The van der Waals surface area contributed by atoms with Crippen LogP contribution in [0.5, 0.6) is 0 Å². The highest BCUT2D eigenvalue weighted by molar-refractivity contribution is 8.00. The van der Waals surface area contributed by atoms with E-state index in [1.807, 2.05) is 61.5 Å². The molecule has 0 radical (unpaired) electrons. The van der Waals surface area contributed by atoms with Crippen molar-refractivity contribution < 1.29 is 18.8 Å². The zero-order valence-corrected chi connectivity index (χ0v) is 25.2. The number of aryl methyl sites for hydroxylation is 1. The highest BCUT2D eigenvalue weighted by Gasteiger charge is 2.22. The topological polar surface area (TPSA) is 87.3 Å². The van der Waals surface area contributed by atoms with E-state index < -0.39 is 22.9 Å². The Morgan fingerprint density at radius 2 is 1.27 bits per heavy atom. The van der Waals surface area contributed by atoms with Gasteiger partial charge in [-0.3, -0.25) is 14.4 Å². The van der Waals surface area contributed by atoms with Gasteiger partial charge in [0.15, 0.2) is 0 Å². The van der Waals surface area contributed by atoms with Gasteiger partial charge < -0.3 is 16.0 Å². The van der Waals surface area contributed by atoms with Gasteiger partial charge in [-0.1, -0.05) is 84.4 Å². The first-order valence-corrected chi connectivity index (χ1v) is 15.1. The molecular weight excluding hydrogens is 585 g/mol. The predicted octanol–water partition coefficient (Wildman–Crippen LogP) is 8.02. The minimum absolute atomic E-state index is 0.121. The number of hydrogen-bond donors (Lipinski definition) is 3. The molecule has 1 atom stereocenters. The zero-order valence-electron chi connectivity index (χ0n) is 24.4. The van der Waals surface area contributed by atoms with Crippen LogP contribution in [0.2, 0.25) is 0 Å². The van der Waals surface area contributed by atoms with Crippen LogP contribution in [0.4, 0.5) is 15.8 Å². The molecule has 3 amide bonds. The van der Waals surface area contributed by atoms with Gasteiger partial charge in [-0.05, 0) is 73.2 Å². The van der Waals surface area contributed by atoms with Crippen LogP contribution in [0.25, 0.3) is 6.08 Å². The summed E-state index contributed by atoms with van der Waals surface area (Å²) >= 11 is 1.38. The summed E-state index contributed by atoms with van der Waals surface area (Å²) in [6, 6.07) is 38.6. The average Bonchev–Trinajstić information content (AvgIpc) is 3.06. The lowest BCUT2D eigenvalue weighted by Crippen LogP contribution is -2.30. The lowest BCUT2D eigenvalue weighted by molar-refractivity contribution is -0.116. The summed E-state index contributed by atoms with van der Waals surface area (Å²) in [5, 5.41) is 7.87. The Morgan fingerprint density at radius 1 is 0.689 bits per heavy atom. The molecule has 0 aliphatic rings. The smallest absolute Gasteiger partial charge is 0.272 e. The van der Waals surface area contributed by atoms with Crippen molar-refractivity contribution in [2.45, 2.75) is 17.1 Å². The van der Waals surface area contributed by atoms with E-state index in [1.165, 1.54) is 30.0 Å². The summed E-state index contributed by atoms with van der Waals surface area (Å²) in [5.74, 6) is -1.82. The number of benzene rings is 5. The van der Waals surface area contributed by atoms with Gasteiger partial charge in [-0.2, -0.15) is 0 Å². The van der Waals surface area contributed by atoms with Gasteiger partial charge in [-0.15, -0.1) is 11.8 Å². The third-order valence-corrected chi connectivity index (χ3v) is 8.03. The summed E-state index contributed by atoms with van der Waals surface area (Å²) in [4.78, 5) is 40.4. The van der Waals surface area contributed by atoms with Crippen LogP contribution in [-0.2, 0) is 9.59 Å². The zero-order chi connectivity index (χ0) is 31.6. The van der Waals surface area contributed by atoms with Crippen LogP contribution in [0.3, 0.4) is 0 Å². The predicted molar refractivity (Wildman–Crippen MR) is 178 cm³/mol. The van der Waals surface area contributed by atoms with Crippen LogP contribution in [0.1, 0.15) is 32.3 Å². The molecule has 0 bridgehead atoms. The molecule has 6 nitrogen and oxygen atoms in total. The fourth-order valence-corrected chi connectivity index (χ4v) is 5.41. The van der Waals surface area contributed by atoms with E-state index >= 15 is 0 Å². The molecule has 3 N–H and O–H groups in total. The standard InChI is InChI=1S/C37H30FN3O3S/c1-25-16-18-29(19-17-25)40-37(44)34(26-10-4-2-5-11-26)45-31-22-20-30(21-23-31)39-36(43)33(24-28-14-8-9-15-32(28)38)41-35(42)27-12-6-3-7-13-27/h2-24,34H,1H3,(H,39,43)(H,40,44)(H,41,42)/b33-24-. The molecule has 0 aromatic heterocycles. The van der Waals surface area contributed by atoms with E-state index in [4.69, 9.17) is 0 Å². The van der Waals surface area contributed by atoms with Gasteiger partial charge >= 0.3 is 0 Å². The van der Waals surface area contributed by atoms with Crippen molar-refractivity contribution in [2.75, 3.05) is 10.6 Å². The number of nitrogens with one attached hydrogen (secondary N) is 3. The molecule has 0 saturated carbocycles. The largest absolute Gasteiger partial charge is 0.325 e. The minimum atomic E-state index is -0.623. The number of hydrogen-bond acceptors (Lipinski definition) is 4. The Kier molecular flexibility index (Phi) is 10.2. The molecule has 45 heavy (non-hydrogen) atoms. The van der Waals surface area contributed by atoms with Crippen LogP contribution in [0.15, 0.2) is 144 Å². The number of rotatable bonds is 10. The maximum absolute atomic E-state index is 14.4. The number of halogens is 1. The van der Waals surface area contributed by atoms with Crippen molar-refractivity contribution in [3.63, 3.8) is 0 Å². The van der Waals surface area contributed by atoms with Gasteiger partial charge in [0.05, 0.1) is 0 Å². The van der Waals surface area contributed by atoms with E-state index in [2.05, 4.69) is 16.0 Å². The second-order valence-electron chi connectivity index (χ2n) is 10.1. The lowest BCUT2D eigenvalue weighted by Gasteiger charge is -2.18. The molecule has 8 heteroatoms. The Balaban J connectivity index is 1.33. The Hall–Kier alpha value is -5.47. The number of thioether (sulfide) groups is 1. The number of carbonyl (C=O) groups is 3. The van der Waals surface area contributed by atoms with Crippen LogP contribution >= 0.6 is 11.8 Å². The molecule has 0 saturated heterocycles. The number of carbonyl (C=O) groups excluding carboxylic acids is 3. The van der Waals surface area contributed by atoms with E-state index in [1.54, 1.807) is 66.7 Å². The molecule has 5 aromatic rings. The first kappa shape index (κ1) is 31.0. The second-order valence-corrected chi connectivity index (χ2v) is 11.3. The Labute approximate surface area is 265 Å². The SMILES string of the molecule is Cc1ccc(NC(=O)C(Sc2ccc(NC(=O)/C(=C/c3ccccc3F)NC(=O)c3ccccc3)cc2)c2ccccc2)cc1. The van der Waals surface area contributed by atoms with E-state index in [-0.39, 0.29) is 17.2 Å². The molecule has 1 unspecified atom stereocenters. The van der Waals surface area contributed by atoms with Crippen LogP contribution in [0, 0.1) is 12.7 Å². The Morgan fingerprint density at radius 3 is 1.93 bits per heavy atom. The van der Waals surface area contributed by atoms with Crippen molar-refractivity contribution >= 4 is 46.9 Å². The molecule has 5 rings (SSSR count). The number of anilines is 2. The minimum Gasteiger partial charge on any atom is -0.325 e. The summed E-state index contributed by atoms with van der Waals surface area (Å²) < 4.78 is 14.4. The van der Waals surface area contributed by atoms with Crippen molar-refractivity contribution in [1.82, 2.24) is 5.32 Å². The van der Waals surface area contributed by atoms with Gasteiger partial charge in [0.25, 0.3) is 11.8 Å². The van der Waals surface area contributed by atoms with Crippen molar-refractivity contribution in [3.05, 3.63) is 167 Å². The van der Waals surface area contributed by atoms with Gasteiger partial charge in [-0.25, -0.2) is 4.39 Å². The first-order chi connectivity index (χ1) is 21.9. The highest BCUT2D eigenvalue weighted by atomic mass is 32.2. The summed E-state index contributed by atoms with van der Waals surface area (Å²) in [5.41, 5.74) is 3.50. The van der Waals surface area contributed by atoms with Crippen molar-refractivity contribution in [3.8, 4) is 0 Å². The van der Waals surface area contributed by atoms with E-state index in [0.29, 0.717) is 16.9 Å². The lowest BCUT2D eigenvalue weighted by atomic mass is 10.1. The average molecular weight is 616 g/mol. The fourth-order valence-electron chi connectivity index (χ4n) is 4.39. The van der Waals surface area contributed by atoms with Crippen molar-refractivity contribution in [1.29, 1.82) is 0 Å². The molecule has 224 valence electrons. The first-order valence-electron chi connectivity index (χ1n) is 14.2. The fraction of sp³-hybridized carbons (Fsp3) is 0.0541.